The van der Waals surface area contributed by atoms with Crippen molar-refractivity contribution in [2.75, 3.05) is 24.4 Å². The summed E-state index contributed by atoms with van der Waals surface area (Å²) >= 11 is 0. The second-order valence-corrected chi connectivity index (χ2v) is 18.0. The van der Waals surface area contributed by atoms with Crippen molar-refractivity contribution in [2.45, 2.75) is 103 Å². The number of rotatable bonds is 21. The largest absolute Gasteiger partial charge is 0.493 e. The molecule has 1 saturated heterocycles. The van der Waals surface area contributed by atoms with Crippen molar-refractivity contribution >= 4 is 68.6 Å². The van der Waals surface area contributed by atoms with E-state index in [2.05, 4.69) is 25.9 Å². The number of nitrogens with one attached hydrogen (secondary N) is 3. The van der Waals surface area contributed by atoms with Gasteiger partial charge in [-0.25, -0.2) is 14.4 Å². The number of aromatic nitrogens is 3. The van der Waals surface area contributed by atoms with Crippen molar-refractivity contribution in [1.29, 1.82) is 0 Å². The number of carbonyl (C=O) groups is 6. The van der Waals surface area contributed by atoms with E-state index in [1.807, 2.05) is 19.1 Å². The Morgan fingerprint density at radius 3 is 2.21 bits per heavy atom. The highest BCUT2D eigenvalue weighted by molar-refractivity contribution is 6.24. The molecule has 0 radical (unpaired) electrons. The van der Waals surface area contributed by atoms with Crippen LogP contribution in [-0.2, 0) is 27.9 Å². The second-order valence-electron chi connectivity index (χ2n) is 18.0. The molecular weight excluding hydrogens is 926 g/mol. The van der Waals surface area contributed by atoms with Gasteiger partial charge in [-0.2, -0.15) is 0 Å². The van der Waals surface area contributed by atoms with Crippen LogP contribution in [0.15, 0.2) is 77.9 Å². The van der Waals surface area contributed by atoms with E-state index in [4.69, 9.17) is 14.2 Å². The number of hydrogen-bond acceptors (Lipinski definition) is 12. The molecule has 374 valence electrons. The lowest BCUT2D eigenvalue weighted by molar-refractivity contribution is -0.136. The third-order valence-corrected chi connectivity index (χ3v) is 13.2. The van der Waals surface area contributed by atoms with Crippen molar-refractivity contribution in [3.63, 3.8) is 0 Å². The van der Waals surface area contributed by atoms with Gasteiger partial charge in [0.15, 0.2) is 23.1 Å². The Morgan fingerprint density at radius 2 is 1.49 bits per heavy atom. The zero-order chi connectivity index (χ0) is 51.1. The van der Waals surface area contributed by atoms with Gasteiger partial charge in [-0.1, -0.05) is 57.9 Å². The average Bonchev–Trinajstić information content (AvgIpc) is 3.61. The lowest BCUT2D eigenvalue weighted by Crippen LogP contribution is -2.54. The maximum absolute atomic E-state index is 15.6. The van der Waals surface area contributed by atoms with Gasteiger partial charge in [0, 0.05) is 54.5 Å². The summed E-state index contributed by atoms with van der Waals surface area (Å²) in [7, 11) is 3.31. The predicted molar refractivity (Wildman–Crippen MR) is 267 cm³/mol. The summed E-state index contributed by atoms with van der Waals surface area (Å²) in [5, 5.41) is 8.55. The number of aryl methyl sites for hydroxylation is 2. The fraction of sp³-hybridized carbons (Fsp3) is 0.352. The maximum atomic E-state index is 15.6. The standard InChI is InChI=1S/C54H56FN7O10/c1-5-32-16-20-41-38(25-32)49(65)48(31(2)61(41)3)51(67)59-34-18-22-43(39(55)27-34)72-52-37-28-44(70-4)45(29-40(37)56-30-57-52)71-24-14-12-10-8-6-7-9-11-13-15-46(63)58-33-17-19-35-36(26-33)54(69)62(53(35)68)42-21-23-47(64)60-50(42)66/h16-20,22,25-30,42H,5-15,21,23-24H2,1-4H3,(H,58,63)(H,59,67)(H,60,64,66). The molecule has 6 amide bonds. The first-order valence-electron chi connectivity index (χ1n) is 24.3. The SMILES string of the molecule is CCc1ccc2c(c1)c(=O)c(C(=O)Nc1ccc(Oc3ncnc4cc(OCCCCCCCCCCCC(=O)Nc5ccc6c(c5)C(=O)N(C5CCC(=O)NC5=O)C6=O)c(OC)cc34)c(F)c1)c(C)n2C. The van der Waals surface area contributed by atoms with Crippen molar-refractivity contribution in [2.24, 2.45) is 7.05 Å². The number of imide groups is 2. The highest BCUT2D eigenvalue weighted by atomic mass is 19.1. The topological polar surface area (TPSA) is 217 Å². The Hall–Kier alpha value is -8.02. The number of unbranched alkanes of at least 4 members (excludes halogenated alkanes) is 8. The van der Waals surface area contributed by atoms with Gasteiger partial charge in [0.25, 0.3) is 17.7 Å². The van der Waals surface area contributed by atoms with Crippen LogP contribution in [0.5, 0.6) is 23.1 Å². The number of anilines is 2. The van der Waals surface area contributed by atoms with Crippen LogP contribution in [0, 0.1) is 12.7 Å². The fourth-order valence-electron chi connectivity index (χ4n) is 9.12. The molecule has 8 rings (SSSR count). The number of pyridine rings is 1. The van der Waals surface area contributed by atoms with E-state index in [1.165, 1.54) is 37.7 Å². The molecule has 2 aliphatic heterocycles. The van der Waals surface area contributed by atoms with Crippen LogP contribution in [0.2, 0.25) is 0 Å². The van der Waals surface area contributed by atoms with E-state index in [0.717, 1.165) is 74.3 Å². The first-order chi connectivity index (χ1) is 34.8. The molecule has 0 bridgehead atoms. The lowest BCUT2D eigenvalue weighted by Gasteiger charge is -2.27. The van der Waals surface area contributed by atoms with Gasteiger partial charge in [0.05, 0.1) is 41.3 Å². The quantitative estimate of drug-likeness (QED) is 0.0455. The molecule has 17 nitrogen and oxygen atoms in total. The minimum Gasteiger partial charge on any atom is -0.493 e. The molecule has 0 saturated carbocycles. The molecule has 1 fully saturated rings. The number of methoxy groups -OCH3 is 1. The average molecular weight is 982 g/mol. The number of benzene rings is 4. The van der Waals surface area contributed by atoms with Crippen molar-refractivity contribution < 1.29 is 47.4 Å². The molecule has 0 aliphatic carbocycles. The summed E-state index contributed by atoms with van der Waals surface area (Å²) in [6.45, 7) is 4.15. The van der Waals surface area contributed by atoms with Crippen LogP contribution >= 0.6 is 0 Å². The van der Waals surface area contributed by atoms with E-state index in [1.54, 1.807) is 42.8 Å². The van der Waals surface area contributed by atoms with Crippen LogP contribution in [-0.4, -0.2) is 74.6 Å². The molecule has 0 spiro atoms. The maximum Gasteiger partial charge on any atom is 0.262 e. The minimum atomic E-state index is -1.05. The first-order valence-corrected chi connectivity index (χ1v) is 24.3. The summed E-state index contributed by atoms with van der Waals surface area (Å²) in [6, 6.07) is 16.4. The van der Waals surface area contributed by atoms with Gasteiger partial charge in [0.2, 0.25) is 29.0 Å². The highest BCUT2D eigenvalue weighted by Gasteiger charge is 2.44. The number of fused-ring (bicyclic) bond motifs is 3. The van der Waals surface area contributed by atoms with Crippen LogP contribution in [0.4, 0.5) is 15.8 Å². The molecular formula is C54H56FN7O10. The lowest BCUT2D eigenvalue weighted by atomic mass is 10.0. The van der Waals surface area contributed by atoms with Crippen molar-refractivity contribution in [3.8, 4) is 23.1 Å². The van der Waals surface area contributed by atoms with E-state index >= 15 is 4.39 Å². The molecule has 2 aromatic heterocycles. The Labute approximate surface area is 414 Å². The van der Waals surface area contributed by atoms with Crippen LogP contribution in [0.3, 0.4) is 0 Å². The minimum absolute atomic E-state index is 0.0212. The van der Waals surface area contributed by atoms with Gasteiger partial charge in [0.1, 0.15) is 17.9 Å². The number of nitrogens with zero attached hydrogens (tertiary/aromatic N) is 4. The smallest absolute Gasteiger partial charge is 0.262 e. The predicted octanol–water partition coefficient (Wildman–Crippen LogP) is 8.86. The monoisotopic (exact) mass is 981 g/mol. The summed E-state index contributed by atoms with van der Waals surface area (Å²) < 4.78 is 35.0. The molecule has 1 atom stereocenters. The Balaban J connectivity index is 0.738. The molecule has 3 N–H and O–H groups in total. The molecule has 6 aromatic rings. The van der Waals surface area contributed by atoms with Gasteiger partial charge >= 0.3 is 0 Å². The molecule has 2 aliphatic rings. The van der Waals surface area contributed by atoms with Crippen molar-refractivity contribution in [1.82, 2.24) is 24.8 Å². The second kappa shape index (κ2) is 22.4. The number of ether oxygens (including phenoxy) is 3. The summed E-state index contributed by atoms with van der Waals surface area (Å²) in [5.41, 5.74) is 3.05. The van der Waals surface area contributed by atoms with Crippen LogP contribution in [0.1, 0.15) is 126 Å². The fourth-order valence-corrected chi connectivity index (χ4v) is 9.12. The zero-order valence-electron chi connectivity index (χ0n) is 40.7. The van der Waals surface area contributed by atoms with Gasteiger partial charge in [-0.15, -0.1) is 0 Å². The molecule has 4 aromatic carbocycles. The summed E-state index contributed by atoms with van der Waals surface area (Å²) in [5.74, 6) is -3.09. The first kappa shape index (κ1) is 50.4. The Bertz CT molecular complexity index is 3190. The van der Waals surface area contributed by atoms with Crippen LogP contribution in [0.25, 0.3) is 21.8 Å². The van der Waals surface area contributed by atoms with E-state index in [9.17, 15) is 33.6 Å². The third kappa shape index (κ3) is 11.0. The Morgan fingerprint density at radius 1 is 0.778 bits per heavy atom. The van der Waals surface area contributed by atoms with Gasteiger partial charge < -0.3 is 29.4 Å². The molecule has 1 unspecified atom stereocenters. The molecule has 4 heterocycles. The Kier molecular flexibility index (Phi) is 15.7. The normalized spacial score (nSPS) is 14.4. The van der Waals surface area contributed by atoms with Gasteiger partial charge in [-0.3, -0.25) is 43.8 Å². The van der Waals surface area contributed by atoms with Crippen molar-refractivity contribution in [3.05, 3.63) is 117 Å². The number of hydrogen-bond donors (Lipinski definition) is 3. The number of amides is 6. The van der Waals surface area contributed by atoms with E-state index in [0.29, 0.717) is 64.1 Å². The number of halogens is 1. The molecule has 18 heteroatoms. The summed E-state index contributed by atoms with van der Waals surface area (Å²) in [4.78, 5) is 99.1. The summed E-state index contributed by atoms with van der Waals surface area (Å²) in [6.07, 6.45) is 11.1. The third-order valence-electron chi connectivity index (χ3n) is 13.2. The number of carbonyl (C=O) groups excluding carboxylic acids is 6. The van der Waals surface area contributed by atoms with Gasteiger partial charge in [-0.05, 0) is 86.7 Å². The van der Waals surface area contributed by atoms with E-state index in [-0.39, 0.29) is 52.8 Å². The highest BCUT2D eigenvalue weighted by Crippen LogP contribution is 2.37. The zero-order valence-corrected chi connectivity index (χ0v) is 40.7. The van der Waals surface area contributed by atoms with E-state index < -0.39 is 46.8 Å². The molecule has 72 heavy (non-hydrogen) atoms. The number of piperidine rings is 1. The van der Waals surface area contributed by atoms with Crippen LogP contribution < -0.4 is 35.6 Å².